The number of hydrazine groups is 1. The van der Waals surface area contributed by atoms with Crippen molar-refractivity contribution >= 4 is 23.3 Å². The summed E-state index contributed by atoms with van der Waals surface area (Å²) in [5, 5.41) is 16.2. The second kappa shape index (κ2) is 16.1. The summed E-state index contributed by atoms with van der Waals surface area (Å²) in [6.07, 6.45) is 7.41. The molecule has 6 N–H and O–H groups in total. The minimum atomic E-state index is -0.280. The molecule has 2 aromatic rings. The first-order valence-electron chi connectivity index (χ1n) is 14.9. The second-order valence-corrected chi connectivity index (χ2v) is 10.7. The summed E-state index contributed by atoms with van der Waals surface area (Å²) >= 11 is 0. The number of amidine groups is 1. The monoisotopic (exact) mass is 580 g/mol. The third-order valence-corrected chi connectivity index (χ3v) is 7.82. The van der Waals surface area contributed by atoms with Crippen LogP contribution in [0.3, 0.4) is 0 Å². The Morgan fingerprint density at radius 2 is 2.00 bits per heavy atom. The van der Waals surface area contributed by atoms with Crippen LogP contribution in [0.15, 0.2) is 41.4 Å². The Balaban J connectivity index is 1.21. The summed E-state index contributed by atoms with van der Waals surface area (Å²) < 4.78 is 11.4. The highest BCUT2D eigenvalue weighted by molar-refractivity contribution is 5.98. The van der Waals surface area contributed by atoms with Crippen LogP contribution in [-0.4, -0.2) is 80.2 Å². The third kappa shape index (κ3) is 8.67. The van der Waals surface area contributed by atoms with Gasteiger partial charge < -0.3 is 35.5 Å². The van der Waals surface area contributed by atoms with E-state index in [0.717, 1.165) is 48.8 Å². The highest BCUT2D eigenvalue weighted by Crippen LogP contribution is 2.39. The molecule has 0 radical (unpaired) electrons. The van der Waals surface area contributed by atoms with E-state index in [-0.39, 0.29) is 30.2 Å². The molecule has 1 heterocycles. The Hall–Kier alpha value is -3.67. The number of aliphatic imine (C=N–C) groups is 1. The average molecular weight is 581 g/mol. The topological polar surface area (TPSA) is 151 Å². The lowest BCUT2D eigenvalue weighted by Gasteiger charge is -2.34. The minimum absolute atomic E-state index is 0.00446. The molecule has 1 saturated carbocycles. The summed E-state index contributed by atoms with van der Waals surface area (Å²) in [5.74, 6) is 6.55. The highest BCUT2D eigenvalue weighted by atomic mass is 16.5. The van der Waals surface area contributed by atoms with Gasteiger partial charge in [0.15, 0.2) is 12.4 Å². The Bertz CT molecular complexity index is 1230. The number of amides is 2. The maximum Gasteiger partial charge on any atom is 0.262 e. The van der Waals surface area contributed by atoms with E-state index < -0.39 is 0 Å². The fraction of sp³-hybridized carbons (Fsp3) is 0.516. The molecular weight excluding hydrogens is 536 g/mol. The molecule has 0 unspecified atom stereocenters. The van der Waals surface area contributed by atoms with Crippen molar-refractivity contribution in [1.82, 2.24) is 15.6 Å². The Morgan fingerprint density at radius 1 is 1.17 bits per heavy atom. The summed E-state index contributed by atoms with van der Waals surface area (Å²) in [7, 11) is 1.69. The largest absolute Gasteiger partial charge is 0.506 e. The van der Waals surface area contributed by atoms with Gasteiger partial charge in [-0.3, -0.25) is 14.6 Å². The van der Waals surface area contributed by atoms with Crippen LogP contribution in [0, 0.1) is 0 Å². The van der Waals surface area contributed by atoms with Crippen molar-refractivity contribution < 1.29 is 24.2 Å². The van der Waals surface area contributed by atoms with Gasteiger partial charge in [0.05, 0.1) is 19.6 Å². The molecule has 11 nitrogen and oxygen atoms in total. The number of phenols is 1. The predicted molar refractivity (Wildman–Crippen MR) is 163 cm³/mol. The number of nitrogens with two attached hydrogens (primary N) is 1. The number of fused-ring (bicyclic) bond motifs is 1. The number of nitrogens with one attached hydrogen (secondary N) is 3. The van der Waals surface area contributed by atoms with Crippen molar-refractivity contribution in [3.63, 3.8) is 0 Å². The molecule has 4 rings (SSSR count). The first-order valence-corrected chi connectivity index (χ1v) is 14.9. The summed E-state index contributed by atoms with van der Waals surface area (Å²) in [4.78, 5) is 31.1. The molecule has 42 heavy (non-hydrogen) atoms. The molecule has 2 amide bonds. The molecule has 1 fully saturated rings. The zero-order valence-corrected chi connectivity index (χ0v) is 24.5. The van der Waals surface area contributed by atoms with E-state index in [2.05, 4.69) is 21.1 Å². The van der Waals surface area contributed by atoms with Gasteiger partial charge in [-0.05, 0) is 55.5 Å². The van der Waals surface area contributed by atoms with Crippen LogP contribution in [-0.2, 0) is 27.2 Å². The normalized spacial score (nSPS) is 15.5. The third-order valence-electron chi connectivity index (χ3n) is 7.82. The van der Waals surface area contributed by atoms with Crippen LogP contribution in [0.1, 0.15) is 55.2 Å². The maximum atomic E-state index is 13.3. The molecule has 228 valence electrons. The molecule has 0 saturated heterocycles. The predicted octanol–water partition coefficient (Wildman–Crippen LogP) is 2.51. The van der Waals surface area contributed by atoms with E-state index in [1.807, 2.05) is 35.2 Å². The molecule has 0 aromatic heterocycles. The summed E-state index contributed by atoms with van der Waals surface area (Å²) in [6, 6.07) is 11.7. The first kappa shape index (κ1) is 31.3. The van der Waals surface area contributed by atoms with Crippen molar-refractivity contribution in [3.05, 3.63) is 53.1 Å². The molecule has 2 aliphatic rings. The van der Waals surface area contributed by atoms with E-state index in [9.17, 15) is 14.7 Å². The van der Waals surface area contributed by atoms with E-state index in [4.69, 9.17) is 15.3 Å². The Kier molecular flexibility index (Phi) is 12.0. The molecule has 0 spiro atoms. The van der Waals surface area contributed by atoms with Crippen molar-refractivity contribution in [3.8, 4) is 11.5 Å². The van der Waals surface area contributed by atoms with Crippen molar-refractivity contribution in [2.24, 2.45) is 10.8 Å². The number of hydrogen-bond acceptors (Lipinski definition) is 8. The van der Waals surface area contributed by atoms with Gasteiger partial charge in [0, 0.05) is 31.7 Å². The highest BCUT2D eigenvalue weighted by Gasteiger charge is 2.25. The molecule has 1 aliphatic heterocycles. The van der Waals surface area contributed by atoms with Crippen LogP contribution < -0.4 is 26.6 Å². The maximum absolute atomic E-state index is 13.3. The van der Waals surface area contributed by atoms with Crippen LogP contribution in [0.5, 0.6) is 11.5 Å². The number of carbonyl (C=O) groups is 2. The Morgan fingerprint density at radius 3 is 2.79 bits per heavy atom. The van der Waals surface area contributed by atoms with Gasteiger partial charge in [0.25, 0.3) is 5.91 Å². The molecule has 1 aliphatic carbocycles. The van der Waals surface area contributed by atoms with Gasteiger partial charge in [-0.1, -0.05) is 43.5 Å². The minimum Gasteiger partial charge on any atom is -0.506 e. The van der Waals surface area contributed by atoms with Gasteiger partial charge in [-0.2, -0.15) is 0 Å². The van der Waals surface area contributed by atoms with Gasteiger partial charge in [0.2, 0.25) is 5.91 Å². The van der Waals surface area contributed by atoms with Crippen LogP contribution in [0.2, 0.25) is 0 Å². The lowest BCUT2D eigenvalue weighted by Crippen LogP contribution is -2.45. The van der Waals surface area contributed by atoms with E-state index in [1.165, 1.54) is 6.42 Å². The van der Waals surface area contributed by atoms with E-state index >= 15 is 0 Å². The fourth-order valence-electron chi connectivity index (χ4n) is 5.61. The summed E-state index contributed by atoms with van der Waals surface area (Å²) in [5.41, 5.74) is 5.90. The molecule has 0 atom stereocenters. The number of carbonyl (C=O) groups excluding carboxylic acids is 2. The van der Waals surface area contributed by atoms with Crippen LogP contribution in [0.4, 0.5) is 5.69 Å². The molecular formula is C31H44N6O5. The van der Waals surface area contributed by atoms with Crippen LogP contribution in [0.25, 0.3) is 0 Å². The van der Waals surface area contributed by atoms with Gasteiger partial charge >= 0.3 is 0 Å². The van der Waals surface area contributed by atoms with Crippen molar-refractivity contribution in [2.45, 2.75) is 57.4 Å². The number of nitrogens with zero attached hydrogens (tertiary/aromatic N) is 2. The lowest BCUT2D eigenvalue weighted by molar-refractivity contribution is -0.135. The number of rotatable bonds is 14. The lowest BCUT2D eigenvalue weighted by atomic mass is 9.94. The SMILES string of the molecule is CN=C(NN)c1cccc(CCOCCC(=O)N(CCNCCc2ccc(O)c3c2OCC(=O)N3)C2CCCCC2)c1. The van der Waals surface area contributed by atoms with Gasteiger partial charge in [-0.25, -0.2) is 5.84 Å². The standard InChI is InChI=1S/C31H44N6O5/c1-33-31(36-32)24-7-5-6-22(20-24)13-18-41-19-14-28(40)37(25-8-3-2-4-9-25)17-16-34-15-12-23-10-11-26(38)29-30(23)42-21-27(39)35-29/h5-7,10-11,20,25,34,38H,2-4,8-9,12-19,21,32H2,1H3,(H,33,36)(H,35,39). The quantitative estimate of drug-likeness (QED) is 0.0571. The fourth-order valence-corrected chi connectivity index (χ4v) is 5.61. The van der Waals surface area contributed by atoms with E-state index in [1.54, 1.807) is 13.1 Å². The van der Waals surface area contributed by atoms with Gasteiger partial charge in [0.1, 0.15) is 17.3 Å². The molecule has 11 heteroatoms. The number of anilines is 1. The Labute approximate surface area is 247 Å². The smallest absolute Gasteiger partial charge is 0.262 e. The van der Waals surface area contributed by atoms with Crippen LogP contribution >= 0.6 is 0 Å². The average Bonchev–Trinajstić information content (AvgIpc) is 3.01. The van der Waals surface area contributed by atoms with E-state index in [0.29, 0.717) is 63.0 Å². The number of aromatic hydroxyl groups is 1. The first-order chi connectivity index (χ1) is 20.5. The zero-order chi connectivity index (χ0) is 29.7. The number of ether oxygens (including phenoxy) is 2. The summed E-state index contributed by atoms with van der Waals surface area (Å²) in [6.45, 7) is 2.87. The number of hydrogen-bond donors (Lipinski definition) is 5. The molecule has 0 bridgehead atoms. The molecule has 2 aromatic carbocycles. The number of benzene rings is 2. The number of phenolic OH excluding ortho intramolecular Hbond substituents is 1. The second-order valence-electron chi connectivity index (χ2n) is 10.7. The zero-order valence-electron chi connectivity index (χ0n) is 24.5. The van der Waals surface area contributed by atoms with Crippen molar-refractivity contribution in [1.29, 1.82) is 0 Å². The van der Waals surface area contributed by atoms with Crippen molar-refractivity contribution in [2.75, 3.05) is 51.8 Å². The van der Waals surface area contributed by atoms with Gasteiger partial charge in [-0.15, -0.1) is 0 Å².